The molecule has 0 aliphatic heterocycles. The molecule has 0 aliphatic rings. The van der Waals surface area contributed by atoms with Gasteiger partial charge in [-0.25, -0.2) is 4.98 Å². The number of anilines is 1. The molecule has 1 heterocycles. The predicted molar refractivity (Wildman–Crippen MR) is 73.3 cm³/mol. The van der Waals surface area contributed by atoms with Crippen LogP contribution in [0.2, 0.25) is 5.02 Å². The highest BCUT2D eigenvalue weighted by Gasteiger charge is 2.07. The third-order valence-corrected chi connectivity index (χ3v) is 2.65. The zero-order valence-electron chi connectivity index (χ0n) is 10.5. The molecule has 0 atom stereocenters. The molecule has 0 unspecified atom stereocenters. The number of nitrogens with zero attached hydrogens (tertiary/aromatic N) is 2. The third-order valence-electron chi connectivity index (χ3n) is 2.30. The van der Waals surface area contributed by atoms with Crippen LogP contribution in [0, 0.1) is 12.3 Å². The van der Waals surface area contributed by atoms with E-state index in [1.165, 1.54) is 0 Å². The summed E-state index contributed by atoms with van der Waals surface area (Å²) in [6.45, 7) is 5.37. The lowest BCUT2D eigenvalue weighted by molar-refractivity contribution is 0.581. The van der Waals surface area contributed by atoms with E-state index in [-0.39, 0.29) is 0 Å². The summed E-state index contributed by atoms with van der Waals surface area (Å²) >= 11 is 6.10. The Bertz CT molecular complexity index is 410. The van der Waals surface area contributed by atoms with Gasteiger partial charge in [0.15, 0.2) is 0 Å². The molecule has 4 heteroatoms. The lowest BCUT2D eigenvalue weighted by atomic mass is 10.3. The predicted octanol–water partition coefficient (Wildman–Crippen LogP) is 2.30. The molecule has 0 aromatic carbocycles. The maximum Gasteiger partial charge on any atom is 0.129 e. The van der Waals surface area contributed by atoms with Crippen molar-refractivity contribution in [3.63, 3.8) is 0 Å². The van der Waals surface area contributed by atoms with Crippen LogP contribution in [0.5, 0.6) is 0 Å². The molecule has 1 aromatic rings. The first kappa shape index (κ1) is 13.8. The molecule has 1 aromatic heterocycles. The zero-order valence-corrected chi connectivity index (χ0v) is 11.3. The fraction of sp³-hybridized carbons (Fsp3) is 0.462. The van der Waals surface area contributed by atoms with E-state index in [1.54, 1.807) is 0 Å². The smallest absolute Gasteiger partial charge is 0.129 e. The van der Waals surface area contributed by atoms with Crippen LogP contribution in [-0.4, -0.2) is 24.6 Å². The number of nitrogens with one attached hydrogen (secondary N) is 1. The summed E-state index contributed by atoms with van der Waals surface area (Å²) in [5.74, 6) is 3.43. The highest BCUT2D eigenvalue weighted by molar-refractivity contribution is 6.31. The van der Waals surface area contributed by atoms with Crippen LogP contribution in [0.1, 0.15) is 19.5 Å². The summed E-state index contributed by atoms with van der Waals surface area (Å²) in [5, 5.41) is 3.97. The highest BCUT2D eigenvalue weighted by atomic mass is 35.5. The molecular weight excluding hydrogens is 234 g/mol. The lowest BCUT2D eigenvalue weighted by Gasteiger charge is -2.17. The summed E-state index contributed by atoms with van der Waals surface area (Å²) < 4.78 is 0. The molecule has 0 radical (unpaired) electrons. The van der Waals surface area contributed by atoms with Gasteiger partial charge in [0.25, 0.3) is 0 Å². The molecule has 3 nitrogen and oxygen atoms in total. The number of aromatic nitrogens is 1. The van der Waals surface area contributed by atoms with Crippen molar-refractivity contribution in [2.45, 2.75) is 26.4 Å². The quantitative estimate of drug-likeness (QED) is 0.814. The molecule has 0 aliphatic carbocycles. The van der Waals surface area contributed by atoms with Gasteiger partial charge >= 0.3 is 0 Å². The minimum Gasteiger partial charge on any atom is -0.349 e. The van der Waals surface area contributed by atoms with Gasteiger partial charge in [-0.1, -0.05) is 31.4 Å². The summed E-state index contributed by atoms with van der Waals surface area (Å²) in [6.07, 6.45) is 5.28. The van der Waals surface area contributed by atoms with Crippen LogP contribution in [-0.2, 0) is 6.54 Å². The van der Waals surface area contributed by atoms with Crippen molar-refractivity contribution in [2.75, 3.05) is 18.5 Å². The maximum atomic E-state index is 6.10. The van der Waals surface area contributed by atoms with E-state index in [1.807, 2.05) is 24.1 Å². The van der Waals surface area contributed by atoms with E-state index in [2.05, 4.69) is 30.1 Å². The molecule has 0 saturated heterocycles. The Labute approximate surface area is 108 Å². The van der Waals surface area contributed by atoms with E-state index < -0.39 is 0 Å². The monoisotopic (exact) mass is 251 g/mol. The molecule has 17 heavy (non-hydrogen) atoms. The van der Waals surface area contributed by atoms with Crippen molar-refractivity contribution < 1.29 is 0 Å². The van der Waals surface area contributed by atoms with Crippen LogP contribution in [0.3, 0.4) is 0 Å². The van der Waals surface area contributed by atoms with Crippen LogP contribution in [0.25, 0.3) is 0 Å². The number of hydrogen-bond acceptors (Lipinski definition) is 3. The minimum atomic E-state index is 0.403. The minimum absolute atomic E-state index is 0.403. The first-order chi connectivity index (χ1) is 8.04. The molecule has 0 bridgehead atoms. The second-order valence-electron chi connectivity index (χ2n) is 4.19. The summed E-state index contributed by atoms with van der Waals surface area (Å²) in [4.78, 5) is 6.41. The topological polar surface area (TPSA) is 28.2 Å². The van der Waals surface area contributed by atoms with Gasteiger partial charge in [0.2, 0.25) is 0 Å². The number of terminal acetylenes is 1. The van der Waals surface area contributed by atoms with Crippen molar-refractivity contribution in [2.24, 2.45) is 0 Å². The fourth-order valence-corrected chi connectivity index (χ4v) is 1.50. The normalized spacial score (nSPS) is 10.4. The van der Waals surface area contributed by atoms with E-state index in [9.17, 15) is 0 Å². The highest BCUT2D eigenvalue weighted by Crippen LogP contribution is 2.18. The number of halogens is 1. The SMILES string of the molecule is C#CCN(C)c1ccc(Cl)c(CNC(C)C)n1. The Morgan fingerprint density at radius 2 is 2.24 bits per heavy atom. The van der Waals surface area contributed by atoms with Gasteiger partial charge in [0, 0.05) is 19.6 Å². The number of pyridine rings is 1. The van der Waals surface area contributed by atoms with Crippen LogP contribution in [0.4, 0.5) is 5.82 Å². The summed E-state index contributed by atoms with van der Waals surface area (Å²) in [5.41, 5.74) is 0.849. The van der Waals surface area contributed by atoms with Gasteiger partial charge in [-0.3, -0.25) is 0 Å². The van der Waals surface area contributed by atoms with Gasteiger partial charge in [0.1, 0.15) is 5.82 Å². The molecular formula is C13H18ClN3. The first-order valence-electron chi connectivity index (χ1n) is 5.58. The summed E-state index contributed by atoms with van der Waals surface area (Å²) in [6, 6.07) is 4.13. The number of rotatable bonds is 5. The standard InChI is InChI=1S/C13H18ClN3/c1-5-8-17(4)13-7-6-11(14)12(16-13)9-15-10(2)3/h1,6-7,10,15H,8-9H2,2-4H3. The molecule has 0 amide bonds. The largest absolute Gasteiger partial charge is 0.349 e. The Morgan fingerprint density at radius 1 is 1.53 bits per heavy atom. The molecule has 92 valence electrons. The summed E-state index contributed by atoms with van der Waals surface area (Å²) in [7, 11) is 1.91. The number of hydrogen-bond donors (Lipinski definition) is 1. The Kier molecular flexibility index (Phi) is 5.27. The average Bonchev–Trinajstić information content (AvgIpc) is 2.28. The van der Waals surface area contributed by atoms with Crippen molar-refractivity contribution in [1.29, 1.82) is 0 Å². The third kappa shape index (κ3) is 4.26. The molecule has 0 saturated carbocycles. The average molecular weight is 252 g/mol. The van der Waals surface area contributed by atoms with Crippen molar-refractivity contribution in [3.05, 3.63) is 22.8 Å². The Balaban J connectivity index is 2.83. The van der Waals surface area contributed by atoms with Crippen molar-refractivity contribution in [1.82, 2.24) is 10.3 Å². The molecule has 1 N–H and O–H groups in total. The molecule has 0 spiro atoms. The van der Waals surface area contributed by atoms with Crippen molar-refractivity contribution >= 4 is 17.4 Å². The van der Waals surface area contributed by atoms with E-state index in [0.717, 1.165) is 11.5 Å². The Morgan fingerprint density at radius 3 is 2.82 bits per heavy atom. The van der Waals surface area contributed by atoms with Crippen molar-refractivity contribution in [3.8, 4) is 12.3 Å². The van der Waals surface area contributed by atoms with E-state index in [4.69, 9.17) is 18.0 Å². The van der Waals surface area contributed by atoms with E-state index >= 15 is 0 Å². The van der Waals surface area contributed by atoms with Gasteiger partial charge in [-0.05, 0) is 12.1 Å². The second-order valence-corrected chi connectivity index (χ2v) is 4.60. The van der Waals surface area contributed by atoms with Crippen LogP contribution >= 0.6 is 11.6 Å². The maximum absolute atomic E-state index is 6.10. The van der Waals surface area contributed by atoms with Crippen LogP contribution in [0.15, 0.2) is 12.1 Å². The van der Waals surface area contributed by atoms with Gasteiger partial charge in [0.05, 0.1) is 17.3 Å². The zero-order chi connectivity index (χ0) is 12.8. The molecule has 1 rings (SSSR count). The second kappa shape index (κ2) is 6.48. The van der Waals surface area contributed by atoms with Gasteiger partial charge in [-0.15, -0.1) is 6.42 Å². The Hall–Kier alpha value is -1.24. The molecule has 0 fully saturated rings. The first-order valence-corrected chi connectivity index (χ1v) is 5.95. The lowest BCUT2D eigenvalue weighted by Crippen LogP contribution is -2.24. The van der Waals surface area contributed by atoms with E-state index in [0.29, 0.717) is 24.2 Å². The van der Waals surface area contributed by atoms with Gasteiger partial charge in [-0.2, -0.15) is 0 Å². The van der Waals surface area contributed by atoms with Gasteiger partial charge < -0.3 is 10.2 Å². The van der Waals surface area contributed by atoms with Crippen LogP contribution < -0.4 is 10.2 Å². The fourth-order valence-electron chi connectivity index (χ4n) is 1.33.